The molecule has 0 unspecified atom stereocenters. The first-order valence-electron chi connectivity index (χ1n) is 7.99. The number of hydrogen-bond donors (Lipinski definition) is 3. The molecule has 1 amide bonds. The van der Waals surface area contributed by atoms with Crippen LogP contribution in [0.25, 0.3) is 0 Å². The van der Waals surface area contributed by atoms with Crippen molar-refractivity contribution in [2.45, 2.75) is 6.54 Å². The van der Waals surface area contributed by atoms with E-state index in [-0.39, 0.29) is 5.91 Å². The number of rotatable bonds is 7. The van der Waals surface area contributed by atoms with E-state index in [1.54, 1.807) is 32.5 Å². The van der Waals surface area contributed by atoms with Gasteiger partial charge in [0, 0.05) is 44.6 Å². The predicted molar refractivity (Wildman–Crippen MR) is 97.8 cm³/mol. The minimum atomic E-state index is -0.146. The van der Waals surface area contributed by atoms with Gasteiger partial charge in [0.25, 0.3) is 5.91 Å². The number of aromatic nitrogens is 1. The van der Waals surface area contributed by atoms with E-state index >= 15 is 0 Å². The third-order valence-electron chi connectivity index (χ3n) is 3.49. The number of carbonyl (C=O) groups is 1. The van der Waals surface area contributed by atoms with E-state index in [0.717, 1.165) is 11.3 Å². The van der Waals surface area contributed by atoms with E-state index in [4.69, 9.17) is 4.74 Å². The fraction of sp³-hybridized carbons (Fsp3) is 0.278. The minimum absolute atomic E-state index is 0.146. The van der Waals surface area contributed by atoms with Gasteiger partial charge >= 0.3 is 0 Å². The van der Waals surface area contributed by atoms with Gasteiger partial charge in [0.1, 0.15) is 5.75 Å². The maximum absolute atomic E-state index is 11.9. The van der Waals surface area contributed by atoms with Crippen LogP contribution in [0.2, 0.25) is 0 Å². The van der Waals surface area contributed by atoms with Crippen molar-refractivity contribution in [3.8, 4) is 5.75 Å². The predicted octanol–water partition coefficient (Wildman–Crippen LogP) is 1.19. The first-order valence-corrected chi connectivity index (χ1v) is 7.99. The lowest BCUT2D eigenvalue weighted by atomic mass is 10.2. The highest BCUT2D eigenvalue weighted by atomic mass is 16.5. The monoisotopic (exact) mass is 341 g/mol. The molecule has 0 atom stereocenters. The van der Waals surface area contributed by atoms with E-state index in [0.29, 0.717) is 31.2 Å². The number of pyridine rings is 1. The summed E-state index contributed by atoms with van der Waals surface area (Å²) in [4.78, 5) is 20.0. The second kappa shape index (κ2) is 9.92. The number of nitrogens with one attached hydrogen (secondary N) is 3. The summed E-state index contributed by atoms with van der Waals surface area (Å²) in [6.07, 6.45) is 3.17. The molecular formula is C18H23N5O2. The van der Waals surface area contributed by atoms with E-state index < -0.39 is 0 Å². The third kappa shape index (κ3) is 5.80. The van der Waals surface area contributed by atoms with E-state index in [9.17, 15) is 4.79 Å². The van der Waals surface area contributed by atoms with Gasteiger partial charge in [-0.05, 0) is 18.2 Å². The molecule has 0 spiro atoms. The largest absolute Gasteiger partial charge is 0.496 e. The number of ether oxygens (including phenoxy) is 1. The highest BCUT2D eigenvalue weighted by Crippen LogP contribution is 2.16. The number of nitrogens with zero attached hydrogens (tertiary/aromatic N) is 2. The van der Waals surface area contributed by atoms with Gasteiger partial charge in [0.2, 0.25) is 0 Å². The molecule has 25 heavy (non-hydrogen) atoms. The Morgan fingerprint density at radius 1 is 1.12 bits per heavy atom. The highest BCUT2D eigenvalue weighted by Gasteiger charge is 2.05. The van der Waals surface area contributed by atoms with Crippen molar-refractivity contribution in [1.82, 2.24) is 20.9 Å². The number of amides is 1. The minimum Gasteiger partial charge on any atom is -0.496 e. The number of guanidine groups is 1. The number of methoxy groups -OCH3 is 1. The third-order valence-corrected chi connectivity index (χ3v) is 3.49. The van der Waals surface area contributed by atoms with Crippen molar-refractivity contribution in [2.24, 2.45) is 4.99 Å². The van der Waals surface area contributed by atoms with Gasteiger partial charge in [-0.3, -0.25) is 14.8 Å². The van der Waals surface area contributed by atoms with Crippen molar-refractivity contribution < 1.29 is 9.53 Å². The molecule has 3 N–H and O–H groups in total. The van der Waals surface area contributed by atoms with Gasteiger partial charge in [-0.25, -0.2) is 0 Å². The summed E-state index contributed by atoms with van der Waals surface area (Å²) in [5.74, 6) is 1.34. The van der Waals surface area contributed by atoms with Crippen molar-refractivity contribution in [2.75, 3.05) is 27.2 Å². The van der Waals surface area contributed by atoms with Crippen LogP contribution in [0.15, 0.2) is 53.8 Å². The quantitative estimate of drug-likeness (QED) is 0.400. The maximum atomic E-state index is 11.9. The van der Waals surface area contributed by atoms with Gasteiger partial charge in [-0.2, -0.15) is 0 Å². The summed E-state index contributed by atoms with van der Waals surface area (Å²) in [6.45, 7) is 1.62. The van der Waals surface area contributed by atoms with E-state index in [2.05, 4.69) is 25.9 Å². The standard InChI is InChI=1S/C18H23N5O2/c1-19-18(23-13-14-6-3-4-8-16(14)25-2)22-11-10-21-17(24)15-7-5-9-20-12-15/h3-9,12H,10-11,13H2,1-2H3,(H,21,24)(H2,19,22,23). The molecule has 2 aromatic rings. The van der Waals surface area contributed by atoms with E-state index in [1.165, 1.54) is 6.20 Å². The van der Waals surface area contributed by atoms with Gasteiger partial charge in [-0.15, -0.1) is 0 Å². The van der Waals surface area contributed by atoms with Crippen molar-refractivity contribution in [3.63, 3.8) is 0 Å². The highest BCUT2D eigenvalue weighted by molar-refractivity contribution is 5.93. The zero-order valence-corrected chi connectivity index (χ0v) is 14.5. The first kappa shape index (κ1) is 18.3. The molecule has 2 rings (SSSR count). The van der Waals surface area contributed by atoms with Crippen LogP contribution >= 0.6 is 0 Å². The lowest BCUT2D eigenvalue weighted by Crippen LogP contribution is -2.41. The molecule has 1 heterocycles. The number of aliphatic imine (C=N–C) groups is 1. The Morgan fingerprint density at radius 2 is 1.92 bits per heavy atom. The Balaban J connectivity index is 1.73. The molecule has 0 saturated carbocycles. The van der Waals surface area contributed by atoms with Crippen molar-refractivity contribution in [1.29, 1.82) is 0 Å². The summed E-state index contributed by atoms with van der Waals surface area (Å²) >= 11 is 0. The average molecular weight is 341 g/mol. The fourth-order valence-electron chi connectivity index (χ4n) is 2.20. The summed E-state index contributed by atoms with van der Waals surface area (Å²) in [7, 11) is 3.35. The number of hydrogen-bond acceptors (Lipinski definition) is 4. The zero-order valence-electron chi connectivity index (χ0n) is 14.5. The smallest absolute Gasteiger partial charge is 0.252 e. The zero-order chi connectivity index (χ0) is 17.9. The SMILES string of the molecule is CN=C(NCCNC(=O)c1cccnc1)NCc1ccccc1OC. The van der Waals surface area contributed by atoms with Crippen LogP contribution in [0.4, 0.5) is 0 Å². The average Bonchev–Trinajstić information content (AvgIpc) is 2.68. The molecule has 132 valence electrons. The molecular weight excluding hydrogens is 318 g/mol. The Morgan fingerprint density at radius 3 is 2.64 bits per heavy atom. The van der Waals surface area contributed by atoms with E-state index in [1.807, 2.05) is 24.3 Å². The second-order valence-electron chi connectivity index (χ2n) is 5.16. The fourth-order valence-corrected chi connectivity index (χ4v) is 2.20. The molecule has 0 aliphatic rings. The van der Waals surface area contributed by atoms with Gasteiger partial charge in [0.05, 0.1) is 12.7 Å². The molecule has 0 radical (unpaired) electrons. The summed E-state index contributed by atoms with van der Waals surface area (Å²) in [6, 6.07) is 11.3. The molecule has 1 aromatic carbocycles. The van der Waals surface area contributed by atoms with Crippen LogP contribution < -0.4 is 20.7 Å². The number of carbonyl (C=O) groups excluding carboxylic acids is 1. The molecule has 7 nitrogen and oxygen atoms in total. The lowest BCUT2D eigenvalue weighted by molar-refractivity contribution is 0.0954. The maximum Gasteiger partial charge on any atom is 0.252 e. The van der Waals surface area contributed by atoms with Gasteiger partial charge < -0.3 is 20.7 Å². The number of benzene rings is 1. The van der Waals surface area contributed by atoms with Crippen LogP contribution in [-0.2, 0) is 6.54 Å². The molecule has 0 aliphatic carbocycles. The van der Waals surface area contributed by atoms with Crippen molar-refractivity contribution in [3.05, 3.63) is 59.9 Å². The van der Waals surface area contributed by atoms with Crippen molar-refractivity contribution >= 4 is 11.9 Å². The molecule has 1 aromatic heterocycles. The summed E-state index contributed by atoms with van der Waals surface area (Å²) in [5, 5.41) is 9.19. The Kier molecular flexibility index (Phi) is 7.24. The van der Waals surface area contributed by atoms with Crippen LogP contribution in [-0.4, -0.2) is 44.1 Å². The van der Waals surface area contributed by atoms with Gasteiger partial charge in [0.15, 0.2) is 5.96 Å². The first-order chi connectivity index (χ1) is 12.2. The topological polar surface area (TPSA) is 87.6 Å². The Bertz CT molecular complexity index is 704. The van der Waals surface area contributed by atoms with Crippen LogP contribution in [0.1, 0.15) is 15.9 Å². The Hall–Kier alpha value is -3.09. The van der Waals surface area contributed by atoms with Crippen LogP contribution in [0, 0.1) is 0 Å². The Labute approximate surface area is 147 Å². The molecule has 0 bridgehead atoms. The molecule has 0 fully saturated rings. The molecule has 0 aliphatic heterocycles. The summed E-state index contributed by atoms with van der Waals surface area (Å²) < 4.78 is 5.33. The van der Waals surface area contributed by atoms with Gasteiger partial charge in [-0.1, -0.05) is 18.2 Å². The van der Waals surface area contributed by atoms with Crippen LogP contribution in [0.3, 0.4) is 0 Å². The normalized spacial score (nSPS) is 10.9. The molecule has 7 heteroatoms. The molecule has 0 saturated heterocycles. The second-order valence-corrected chi connectivity index (χ2v) is 5.16. The number of para-hydroxylation sites is 1. The lowest BCUT2D eigenvalue weighted by Gasteiger charge is -2.14. The summed E-state index contributed by atoms with van der Waals surface area (Å²) in [5.41, 5.74) is 1.58. The van der Waals surface area contributed by atoms with Crippen LogP contribution in [0.5, 0.6) is 5.75 Å².